The lowest BCUT2D eigenvalue weighted by atomic mass is 10.2. The van der Waals surface area contributed by atoms with Gasteiger partial charge >= 0.3 is 22.2 Å². The van der Waals surface area contributed by atoms with Gasteiger partial charge in [0.15, 0.2) is 19.0 Å². The maximum Gasteiger partial charge on any atom is 0.505 e. The predicted molar refractivity (Wildman–Crippen MR) is 146 cm³/mol. The maximum atomic E-state index is 13.7. The first-order chi connectivity index (χ1) is 18.7. The quantitative estimate of drug-likeness (QED) is 0.162. The number of aromatic nitrogens is 3. The van der Waals surface area contributed by atoms with Gasteiger partial charge in [-0.1, -0.05) is 6.07 Å². The van der Waals surface area contributed by atoms with E-state index in [1.807, 2.05) is 0 Å². The molecule has 2 heterocycles. The Labute approximate surface area is 237 Å². The number of anilines is 4. The highest BCUT2D eigenvalue weighted by Crippen LogP contribution is 2.37. The second-order valence-electron chi connectivity index (χ2n) is 7.52. The van der Waals surface area contributed by atoms with E-state index in [0.29, 0.717) is 27.8 Å². The third-order valence-corrected chi connectivity index (χ3v) is 5.51. The molecule has 0 aliphatic carbocycles. The van der Waals surface area contributed by atoms with Crippen LogP contribution in [0.4, 0.5) is 36.3 Å². The molecule has 2 unspecified atom stereocenters. The van der Waals surface area contributed by atoms with E-state index in [0.717, 1.165) is 0 Å². The molecule has 0 radical (unpaired) electrons. The summed E-state index contributed by atoms with van der Waals surface area (Å²) in [5, 5.41) is 7.76. The molecule has 1 aromatic carbocycles. The molecular weight excluding hydrogens is 643 g/mol. The summed E-state index contributed by atoms with van der Waals surface area (Å²) < 4.78 is 72.2. The van der Waals surface area contributed by atoms with Gasteiger partial charge in [-0.05, 0) is 54.9 Å². The van der Waals surface area contributed by atoms with Crippen LogP contribution in [0.1, 0.15) is 21.6 Å². The van der Waals surface area contributed by atoms with E-state index in [1.165, 1.54) is 39.6 Å². The highest BCUT2D eigenvalue weighted by molar-refractivity contribution is 9.10. The number of pyridine rings is 1. The minimum atomic E-state index is -4.78. The van der Waals surface area contributed by atoms with E-state index in [9.17, 15) is 22.5 Å². The number of hydrogen-bond donors (Lipinski definition) is 4. The summed E-state index contributed by atoms with van der Waals surface area (Å²) in [4.78, 5) is 31.6. The summed E-state index contributed by atoms with van der Waals surface area (Å²) in [6.45, 7) is 2.75. The summed E-state index contributed by atoms with van der Waals surface area (Å²) >= 11 is 3.14. The van der Waals surface area contributed by atoms with Gasteiger partial charge in [0.1, 0.15) is 28.3 Å². The van der Waals surface area contributed by atoms with Gasteiger partial charge in [0.05, 0.1) is 18.5 Å². The van der Waals surface area contributed by atoms with Gasteiger partial charge in [0.25, 0.3) is 5.91 Å². The van der Waals surface area contributed by atoms with Crippen molar-refractivity contribution in [2.24, 2.45) is 0 Å². The number of halogens is 4. The molecule has 40 heavy (non-hydrogen) atoms. The van der Waals surface area contributed by atoms with E-state index < -0.39 is 39.5 Å². The first-order valence-electron chi connectivity index (χ1n) is 10.9. The molecule has 0 saturated heterocycles. The Bertz CT molecular complexity index is 1400. The predicted octanol–water partition coefficient (Wildman–Crippen LogP) is 5.75. The van der Waals surface area contributed by atoms with Crippen molar-refractivity contribution in [2.75, 3.05) is 38.1 Å². The van der Waals surface area contributed by atoms with Crippen molar-refractivity contribution >= 4 is 61.0 Å². The van der Waals surface area contributed by atoms with Crippen LogP contribution in [-0.4, -0.2) is 53.2 Å². The Kier molecular flexibility index (Phi) is 12.3. The van der Waals surface area contributed by atoms with E-state index in [4.69, 9.17) is 18.7 Å². The topological polar surface area (TPSA) is 165 Å². The number of carbonyl (C=O) groups excluding carboxylic acids is 1. The summed E-state index contributed by atoms with van der Waals surface area (Å²) in [6, 6.07) is 7.73. The number of benzene rings is 1. The van der Waals surface area contributed by atoms with Crippen molar-refractivity contribution in [3.8, 4) is 5.75 Å². The van der Waals surface area contributed by atoms with Crippen LogP contribution in [0.3, 0.4) is 0 Å². The Hall–Kier alpha value is -3.29. The second-order valence-corrected chi connectivity index (χ2v) is 10.4. The molecule has 214 valence electrons. The second kappa shape index (κ2) is 14.9. The summed E-state index contributed by atoms with van der Waals surface area (Å²) in [6.07, 6.45) is -4.16. The SMILES string of the molecule is CNC(=O)c1nc(Br)ccc1Nc1nc(Nc2ccc(CO[P+](C)=O)cc2OC)ncc1C(F)(F)F.C[P+](=O)O. The Morgan fingerprint density at radius 2 is 1.75 bits per heavy atom. The van der Waals surface area contributed by atoms with Crippen molar-refractivity contribution in [1.29, 1.82) is 0 Å². The van der Waals surface area contributed by atoms with Gasteiger partial charge in [0.2, 0.25) is 5.95 Å². The van der Waals surface area contributed by atoms with Crippen LogP contribution < -0.4 is 20.7 Å². The molecule has 0 spiro atoms. The van der Waals surface area contributed by atoms with Gasteiger partial charge in [-0.3, -0.25) is 4.79 Å². The van der Waals surface area contributed by atoms with Gasteiger partial charge < -0.3 is 20.7 Å². The summed E-state index contributed by atoms with van der Waals surface area (Å²) in [7, 11) is -0.881. The van der Waals surface area contributed by atoms with E-state index in [2.05, 4.69) is 46.8 Å². The lowest BCUT2D eigenvalue weighted by Crippen LogP contribution is -2.21. The molecule has 0 bridgehead atoms. The molecule has 12 nitrogen and oxygen atoms in total. The number of ether oxygens (including phenoxy) is 1. The van der Waals surface area contributed by atoms with Gasteiger partial charge in [0, 0.05) is 13.2 Å². The number of nitrogens with one attached hydrogen (secondary N) is 3. The molecule has 4 N–H and O–H groups in total. The number of methoxy groups -OCH3 is 1. The molecule has 0 fully saturated rings. The van der Waals surface area contributed by atoms with Crippen molar-refractivity contribution < 1.29 is 41.2 Å². The van der Waals surface area contributed by atoms with Crippen molar-refractivity contribution in [3.05, 3.63) is 58.0 Å². The minimum Gasteiger partial charge on any atom is -0.495 e. The van der Waals surface area contributed by atoms with E-state index in [1.54, 1.807) is 18.2 Å². The Morgan fingerprint density at radius 1 is 1.10 bits per heavy atom. The molecule has 2 atom stereocenters. The Morgan fingerprint density at radius 3 is 2.33 bits per heavy atom. The van der Waals surface area contributed by atoms with Crippen LogP contribution in [0.2, 0.25) is 0 Å². The first kappa shape index (κ1) is 32.9. The van der Waals surface area contributed by atoms with Crippen molar-refractivity contribution in [1.82, 2.24) is 20.3 Å². The van der Waals surface area contributed by atoms with Gasteiger partial charge in [-0.25, -0.2) is 9.97 Å². The van der Waals surface area contributed by atoms with Crippen molar-refractivity contribution in [3.63, 3.8) is 0 Å². The lowest BCUT2D eigenvalue weighted by Gasteiger charge is -2.17. The molecule has 0 saturated carbocycles. The lowest BCUT2D eigenvalue weighted by molar-refractivity contribution is -0.137. The monoisotopic (exact) mass is 666 g/mol. The smallest absolute Gasteiger partial charge is 0.495 e. The molecule has 3 rings (SSSR count). The van der Waals surface area contributed by atoms with E-state index in [-0.39, 0.29) is 23.9 Å². The number of rotatable bonds is 9. The zero-order valence-corrected chi connectivity index (χ0v) is 24.8. The van der Waals surface area contributed by atoms with Crippen molar-refractivity contribution in [2.45, 2.75) is 12.8 Å². The van der Waals surface area contributed by atoms with Crippen LogP contribution in [0, 0.1) is 0 Å². The Balaban J connectivity index is 0.00000131. The van der Waals surface area contributed by atoms with Gasteiger partial charge in [-0.15, -0.1) is 4.52 Å². The molecule has 3 aromatic rings. The zero-order valence-electron chi connectivity index (χ0n) is 21.4. The highest BCUT2D eigenvalue weighted by Gasteiger charge is 2.36. The fourth-order valence-corrected chi connectivity index (χ4v) is 3.55. The third-order valence-electron chi connectivity index (χ3n) is 4.58. The van der Waals surface area contributed by atoms with Crippen LogP contribution >= 0.6 is 32.0 Å². The average molecular weight is 667 g/mol. The average Bonchev–Trinajstić information content (AvgIpc) is 2.87. The maximum absolute atomic E-state index is 13.7. The number of nitrogens with zero attached hydrogens (tertiary/aromatic N) is 3. The van der Waals surface area contributed by atoms with Crippen LogP contribution in [-0.2, 0) is 26.4 Å². The fourth-order valence-electron chi connectivity index (χ4n) is 2.91. The van der Waals surface area contributed by atoms with Gasteiger partial charge in [-0.2, -0.15) is 23.0 Å². The zero-order chi connectivity index (χ0) is 30.0. The molecule has 0 aliphatic rings. The summed E-state index contributed by atoms with van der Waals surface area (Å²) in [5.41, 5.74) is -0.246. The summed E-state index contributed by atoms with van der Waals surface area (Å²) in [5.74, 6) is -1.04. The number of hydrogen-bond acceptors (Lipinski definition) is 10. The third kappa shape index (κ3) is 10.0. The number of carbonyl (C=O) groups is 1. The van der Waals surface area contributed by atoms with Crippen LogP contribution in [0.5, 0.6) is 5.75 Å². The molecule has 1 amide bonds. The first-order valence-corrected chi connectivity index (χ1v) is 15.0. The standard InChI is InChI=1S/C21H19BrF3N6O4P.CH3O2P/c1-26-19(32)17-14(6-7-16(22)30-17)28-18-12(21(23,24)25)9-27-20(31-18)29-13-5-4-11(8-15(13)34-2)10-35-36(3)33;1-4(2)3/h4-9H,10H2,1-3H3,(H2-,26,27,28,29,31,32);1H3/p+2. The van der Waals surface area contributed by atoms with E-state index >= 15 is 0 Å². The number of alkyl halides is 3. The normalized spacial score (nSPS) is 11.5. The van der Waals surface area contributed by atoms with Crippen LogP contribution in [0.25, 0.3) is 0 Å². The minimum absolute atomic E-state index is 0.00360. The molecule has 0 aliphatic heterocycles. The number of amides is 1. The molecular formula is C22H24BrF3N6O6P2+2. The molecule has 2 aromatic heterocycles. The fraction of sp³-hybridized carbons (Fsp3) is 0.273. The largest absolute Gasteiger partial charge is 0.505 e. The molecule has 18 heteroatoms. The van der Waals surface area contributed by atoms with Crippen LogP contribution in [0.15, 0.2) is 41.1 Å². The highest BCUT2D eigenvalue weighted by atomic mass is 79.9.